The predicted octanol–water partition coefficient (Wildman–Crippen LogP) is 2.12. The number of pyridine rings is 1. The molecule has 24 heavy (non-hydrogen) atoms. The van der Waals surface area contributed by atoms with Crippen molar-refractivity contribution in [1.29, 1.82) is 0 Å². The number of nitrogens with zero attached hydrogens (tertiary/aromatic N) is 3. The smallest absolute Gasteiger partial charge is 0.326 e. The molecule has 126 valence electrons. The number of fused-ring (bicyclic) bond motifs is 2. The molecular weight excluding hydrogens is 306 g/mol. The maximum absolute atomic E-state index is 12.9. The molecule has 0 spiro atoms. The van der Waals surface area contributed by atoms with Gasteiger partial charge in [0.2, 0.25) is 5.91 Å². The van der Waals surface area contributed by atoms with Gasteiger partial charge in [-0.15, -0.1) is 0 Å². The average Bonchev–Trinajstić information content (AvgIpc) is 3.15. The first-order valence-corrected chi connectivity index (χ1v) is 8.60. The maximum Gasteiger partial charge on any atom is 0.326 e. The third-order valence-electron chi connectivity index (χ3n) is 5.41. The molecule has 1 saturated heterocycles. The number of carboxylic acid groups (broad SMARTS) is 1. The summed E-state index contributed by atoms with van der Waals surface area (Å²) in [5, 5.41) is 9.55. The van der Waals surface area contributed by atoms with Crippen molar-refractivity contribution < 1.29 is 14.7 Å². The molecule has 2 aliphatic rings. The zero-order valence-electron chi connectivity index (χ0n) is 13.5. The standard InChI is InChI=1S/C18H21N3O3/c22-17(10-13-11-20-8-4-3-7-16(20)19-13)21-14-6-2-1-5-12(14)9-15(21)18(23)24/h3-4,7-8,11-12,14-15H,1-2,5-6,9-10H2,(H,23,24). The van der Waals surface area contributed by atoms with Gasteiger partial charge in [-0.2, -0.15) is 0 Å². The molecule has 3 unspecified atom stereocenters. The SMILES string of the molecule is O=C(O)C1CC2CCCCC2N1C(=O)Cc1cn2ccccc2n1. The van der Waals surface area contributed by atoms with Gasteiger partial charge in [-0.05, 0) is 37.3 Å². The highest BCUT2D eigenvalue weighted by molar-refractivity contribution is 5.86. The summed E-state index contributed by atoms with van der Waals surface area (Å²) in [6.07, 6.45) is 8.66. The van der Waals surface area contributed by atoms with Crippen LogP contribution in [0.25, 0.3) is 5.65 Å². The first kappa shape index (κ1) is 15.2. The normalized spacial score (nSPS) is 26.5. The van der Waals surface area contributed by atoms with Crippen molar-refractivity contribution >= 4 is 17.5 Å². The lowest BCUT2D eigenvalue weighted by atomic mass is 9.84. The molecule has 3 atom stereocenters. The Hall–Kier alpha value is -2.37. The van der Waals surface area contributed by atoms with E-state index in [9.17, 15) is 14.7 Å². The van der Waals surface area contributed by atoms with E-state index in [-0.39, 0.29) is 18.4 Å². The summed E-state index contributed by atoms with van der Waals surface area (Å²) in [5.41, 5.74) is 1.49. The molecule has 2 aromatic rings. The number of carbonyl (C=O) groups excluding carboxylic acids is 1. The summed E-state index contributed by atoms with van der Waals surface area (Å²) < 4.78 is 1.88. The van der Waals surface area contributed by atoms with Crippen molar-refractivity contribution in [3.8, 4) is 0 Å². The van der Waals surface area contributed by atoms with Crippen LogP contribution in [-0.4, -0.2) is 43.4 Å². The largest absolute Gasteiger partial charge is 0.480 e. The van der Waals surface area contributed by atoms with Crippen LogP contribution in [0.4, 0.5) is 0 Å². The fraction of sp³-hybridized carbons (Fsp3) is 0.500. The van der Waals surface area contributed by atoms with Crippen molar-refractivity contribution in [2.75, 3.05) is 0 Å². The number of aliphatic carboxylic acids is 1. The molecule has 1 N–H and O–H groups in total. The third-order valence-corrected chi connectivity index (χ3v) is 5.41. The average molecular weight is 327 g/mol. The second-order valence-corrected chi connectivity index (χ2v) is 6.88. The van der Waals surface area contributed by atoms with Crippen LogP contribution in [0.1, 0.15) is 37.8 Å². The molecule has 1 saturated carbocycles. The van der Waals surface area contributed by atoms with Crippen LogP contribution in [0.2, 0.25) is 0 Å². The topological polar surface area (TPSA) is 74.9 Å². The summed E-state index contributed by atoms with van der Waals surface area (Å²) in [4.78, 5) is 30.6. The van der Waals surface area contributed by atoms with Crippen LogP contribution in [0.5, 0.6) is 0 Å². The van der Waals surface area contributed by atoms with Gasteiger partial charge in [0.05, 0.1) is 12.1 Å². The first-order chi connectivity index (χ1) is 11.6. The molecule has 6 heteroatoms. The first-order valence-electron chi connectivity index (χ1n) is 8.60. The van der Waals surface area contributed by atoms with Crippen LogP contribution in [0.3, 0.4) is 0 Å². The second kappa shape index (κ2) is 5.92. The van der Waals surface area contributed by atoms with E-state index in [4.69, 9.17) is 0 Å². The van der Waals surface area contributed by atoms with Crippen molar-refractivity contribution in [3.63, 3.8) is 0 Å². The van der Waals surface area contributed by atoms with E-state index in [1.54, 1.807) is 4.90 Å². The maximum atomic E-state index is 12.9. The minimum absolute atomic E-state index is 0.0874. The number of amides is 1. The van der Waals surface area contributed by atoms with Gasteiger partial charge < -0.3 is 14.4 Å². The number of likely N-dealkylation sites (tertiary alicyclic amines) is 1. The predicted molar refractivity (Wildman–Crippen MR) is 87.5 cm³/mol. The van der Waals surface area contributed by atoms with Crippen molar-refractivity contribution in [3.05, 3.63) is 36.3 Å². The summed E-state index contributed by atoms with van der Waals surface area (Å²) in [5.74, 6) is -0.655. The Morgan fingerprint density at radius 3 is 2.88 bits per heavy atom. The summed E-state index contributed by atoms with van der Waals surface area (Å²) in [7, 11) is 0. The van der Waals surface area contributed by atoms with Gasteiger partial charge in [0.15, 0.2) is 0 Å². The molecule has 2 aromatic heterocycles. The highest BCUT2D eigenvalue weighted by Gasteiger charge is 2.47. The van der Waals surface area contributed by atoms with Crippen LogP contribution >= 0.6 is 0 Å². The van der Waals surface area contributed by atoms with E-state index >= 15 is 0 Å². The fourth-order valence-electron chi connectivity index (χ4n) is 4.36. The molecule has 6 nitrogen and oxygen atoms in total. The quantitative estimate of drug-likeness (QED) is 0.937. The van der Waals surface area contributed by atoms with Gasteiger partial charge in [0.25, 0.3) is 0 Å². The summed E-state index contributed by atoms with van der Waals surface area (Å²) in [6, 6.07) is 5.11. The zero-order chi connectivity index (χ0) is 16.7. The molecule has 1 amide bonds. The third kappa shape index (κ3) is 2.56. The van der Waals surface area contributed by atoms with E-state index in [0.717, 1.165) is 31.3 Å². The Balaban J connectivity index is 1.58. The lowest BCUT2D eigenvalue weighted by Gasteiger charge is -2.32. The Morgan fingerprint density at radius 1 is 1.25 bits per heavy atom. The lowest BCUT2D eigenvalue weighted by molar-refractivity contribution is -0.149. The van der Waals surface area contributed by atoms with Gasteiger partial charge >= 0.3 is 5.97 Å². The number of imidazole rings is 1. The molecule has 1 aliphatic heterocycles. The van der Waals surface area contributed by atoms with Crippen LogP contribution in [0.15, 0.2) is 30.6 Å². The van der Waals surface area contributed by atoms with Gasteiger partial charge in [-0.1, -0.05) is 18.9 Å². The summed E-state index contributed by atoms with van der Waals surface area (Å²) >= 11 is 0. The molecule has 0 aromatic carbocycles. The van der Waals surface area contributed by atoms with Gasteiger partial charge in [0, 0.05) is 18.4 Å². The Kier molecular flexibility index (Phi) is 3.75. The van der Waals surface area contributed by atoms with Crippen molar-refractivity contribution in [2.45, 2.75) is 50.6 Å². The number of carbonyl (C=O) groups is 2. The number of hydrogen-bond donors (Lipinski definition) is 1. The molecule has 0 bridgehead atoms. The molecule has 3 heterocycles. The summed E-state index contributed by atoms with van der Waals surface area (Å²) in [6.45, 7) is 0. The van der Waals surface area contributed by atoms with Gasteiger partial charge in [0.1, 0.15) is 11.7 Å². The van der Waals surface area contributed by atoms with Crippen molar-refractivity contribution in [1.82, 2.24) is 14.3 Å². The number of hydrogen-bond acceptors (Lipinski definition) is 3. The molecule has 0 radical (unpaired) electrons. The van der Waals surface area contributed by atoms with E-state index in [1.165, 1.54) is 0 Å². The van der Waals surface area contributed by atoms with Gasteiger partial charge in [-0.25, -0.2) is 9.78 Å². The number of carboxylic acids is 1. The van der Waals surface area contributed by atoms with E-state index < -0.39 is 12.0 Å². The Morgan fingerprint density at radius 2 is 2.08 bits per heavy atom. The van der Waals surface area contributed by atoms with Crippen LogP contribution < -0.4 is 0 Å². The monoisotopic (exact) mass is 327 g/mol. The molecule has 2 fully saturated rings. The van der Waals surface area contributed by atoms with E-state index in [1.807, 2.05) is 35.0 Å². The zero-order valence-corrected chi connectivity index (χ0v) is 13.5. The fourth-order valence-corrected chi connectivity index (χ4v) is 4.36. The van der Waals surface area contributed by atoms with Gasteiger partial charge in [-0.3, -0.25) is 4.79 Å². The van der Waals surface area contributed by atoms with Crippen molar-refractivity contribution in [2.24, 2.45) is 5.92 Å². The van der Waals surface area contributed by atoms with Crippen LogP contribution in [0, 0.1) is 5.92 Å². The molecular formula is C18H21N3O3. The highest BCUT2D eigenvalue weighted by atomic mass is 16.4. The Bertz CT molecular complexity index is 752. The lowest BCUT2D eigenvalue weighted by Crippen LogP contribution is -2.46. The number of aromatic nitrogens is 2. The van der Waals surface area contributed by atoms with E-state index in [0.29, 0.717) is 18.0 Å². The molecule has 1 aliphatic carbocycles. The molecule has 4 rings (SSSR count). The second-order valence-electron chi connectivity index (χ2n) is 6.88. The minimum Gasteiger partial charge on any atom is -0.480 e. The number of rotatable bonds is 3. The minimum atomic E-state index is -0.882. The van der Waals surface area contributed by atoms with Crippen LogP contribution in [-0.2, 0) is 16.0 Å². The highest BCUT2D eigenvalue weighted by Crippen LogP contribution is 2.40. The van der Waals surface area contributed by atoms with E-state index in [2.05, 4.69) is 4.98 Å². The Labute approximate surface area is 140 Å².